The lowest BCUT2D eigenvalue weighted by molar-refractivity contribution is -0.122. The van der Waals surface area contributed by atoms with Gasteiger partial charge >= 0.3 is 0 Å². The van der Waals surface area contributed by atoms with Gasteiger partial charge in [0.05, 0.1) is 0 Å². The summed E-state index contributed by atoms with van der Waals surface area (Å²) < 4.78 is 0. The van der Waals surface area contributed by atoms with E-state index < -0.39 is 11.9 Å². The van der Waals surface area contributed by atoms with Crippen LogP contribution in [0.3, 0.4) is 0 Å². The predicted molar refractivity (Wildman–Crippen MR) is 116 cm³/mol. The Kier molecular flexibility index (Phi) is 7.11. The Hall–Kier alpha value is -4.00. The molecule has 0 aliphatic carbocycles. The molecule has 3 rings (SSSR count). The lowest BCUT2D eigenvalue weighted by Crippen LogP contribution is -2.48. The van der Waals surface area contributed by atoms with Crippen LogP contribution in [-0.4, -0.2) is 39.7 Å². The summed E-state index contributed by atoms with van der Waals surface area (Å²) in [7, 11) is 0. The maximum absolute atomic E-state index is 12.8. The number of carbonyl (C=O) groups excluding carboxylic acids is 2. The molecule has 31 heavy (non-hydrogen) atoms. The molecule has 5 N–H and O–H groups in total. The molecule has 3 aromatic carbocycles. The number of rotatable bonds is 8. The summed E-state index contributed by atoms with van der Waals surface area (Å²) >= 11 is 0. The normalized spacial score (nSPS) is 11.5. The van der Waals surface area contributed by atoms with Gasteiger partial charge in [-0.05, 0) is 53.9 Å². The maximum Gasteiger partial charge on any atom is 0.251 e. The molecule has 3 aromatic rings. The highest BCUT2D eigenvalue weighted by Crippen LogP contribution is 2.24. The molecule has 0 fully saturated rings. The minimum atomic E-state index is -0.795. The van der Waals surface area contributed by atoms with Gasteiger partial charge in [0.1, 0.15) is 11.8 Å². The van der Waals surface area contributed by atoms with Crippen LogP contribution in [0.1, 0.15) is 21.5 Å². The van der Waals surface area contributed by atoms with E-state index in [4.69, 9.17) is 0 Å². The molecular formula is C24H24N2O5. The third-order valence-electron chi connectivity index (χ3n) is 4.79. The van der Waals surface area contributed by atoms with E-state index in [-0.39, 0.29) is 23.2 Å². The monoisotopic (exact) mass is 420 g/mol. The Morgan fingerprint density at radius 2 is 1.52 bits per heavy atom. The molecular weight excluding hydrogens is 396 g/mol. The van der Waals surface area contributed by atoms with E-state index in [1.165, 1.54) is 36.4 Å². The Labute approximate surface area is 180 Å². The van der Waals surface area contributed by atoms with Crippen LogP contribution in [0.2, 0.25) is 0 Å². The Bertz CT molecular complexity index is 1040. The SMILES string of the molecule is O=C(N[C@@H](Cc1ccccc1)C(=O)NCCc1ccc(O)c(O)c1)c1ccc(O)cc1. The van der Waals surface area contributed by atoms with E-state index in [9.17, 15) is 24.9 Å². The number of hydrogen-bond acceptors (Lipinski definition) is 5. The average molecular weight is 420 g/mol. The maximum atomic E-state index is 12.8. The molecule has 0 aromatic heterocycles. The van der Waals surface area contributed by atoms with Gasteiger partial charge in [-0.3, -0.25) is 9.59 Å². The summed E-state index contributed by atoms with van der Waals surface area (Å²) in [6, 6.07) is 18.9. The van der Waals surface area contributed by atoms with Gasteiger partial charge in [-0.2, -0.15) is 0 Å². The summed E-state index contributed by atoms with van der Waals surface area (Å²) in [5.74, 6) is -1.12. The quantitative estimate of drug-likeness (QED) is 0.359. The first-order valence-electron chi connectivity index (χ1n) is 9.85. The van der Waals surface area contributed by atoms with Crippen LogP contribution < -0.4 is 10.6 Å². The molecule has 0 unspecified atom stereocenters. The van der Waals surface area contributed by atoms with Gasteiger partial charge in [-0.1, -0.05) is 36.4 Å². The molecule has 0 aliphatic heterocycles. The zero-order chi connectivity index (χ0) is 22.2. The first kappa shape index (κ1) is 21.7. The second-order valence-electron chi connectivity index (χ2n) is 7.13. The highest BCUT2D eigenvalue weighted by molar-refractivity contribution is 5.97. The molecule has 7 nitrogen and oxygen atoms in total. The summed E-state index contributed by atoms with van der Waals surface area (Å²) in [4.78, 5) is 25.4. The summed E-state index contributed by atoms with van der Waals surface area (Å²) in [6.07, 6.45) is 0.764. The Balaban J connectivity index is 1.65. The van der Waals surface area contributed by atoms with Crippen molar-refractivity contribution in [1.29, 1.82) is 0 Å². The second-order valence-corrected chi connectivity index (χ2v) is 7.13. The Morgan fingerprint density at radius 3 is 2.19 bits per heavy atom. The highest BCUT2D eigenvalue weighted by atomic mass is 16.3. The lowest BCUT2D eigenvalue weighted by atomic mass is 10.0. The van der Waals surface area contributed by atoms with Crippen molar-refractivity contribution in [2.75, 3.05) is 6.54 Å². The number of phenols is 3. The molecule has 0 saturated carbocycles. The number of carbonyl (C=O) groups is 2. The number of benzene rings is 3. The van der Waals surface area contributed by atoms with E-state index in [2.05, 4.69) is 10.6 Å². The van der Waals surface area contributed by atoms with Crippen LogP contribution in [0.5, 0.6) is 17.2 Å². The lowest BCUT2D eigenvalue weighted by Gasteiger charge is -2.19. The average Bonchev–Trinajstić information content (AvgIpc) is 2.77. The van der Waals surface area contributed by atoms with E-state index in [1.54, 1.807) is 6.07 Å². The van der Waals surface area contributed by atoms with Crippen molar-refractivity contribution in [3.8, 4) is 17.2 Å². The Morgan fingerprint density at radius 1 is 0.806 bits per heavy atom. The fourth-order valence-electron chi connectivity index (χ4n) is 3.09. The molecule has 1 atom stereocenters. The van der Waals surface area contributed by atoms with Crippen molar-refractivity contribution >= 4 is 11.8 Å². The molecule has 2 amide bonds. The topological polar surface area (TPSA) is 119 Å². The van der Waals surface area contributed by atoms with Crippen molar-refractivity contribution in [3.63, 3.8) is 0 Å². The van der Waals surface area contributed by atoms with Crippen molar-refractivity contribution in [3.05, 3.63) is 89.5 Å². The molecule has 7 heteroatoms. The largest absolute Gasteiger partial charge is 0.508 e. The molecule has 0 aliphatic rings. The van der Waals surface area contributed by atoms with Gasteiger partial charge in [0.15, 0.2) is 11.5 Å². The summed E-state index contributed by atoms with van der Waals surface area (Å²) in [6.45, 7) is 0.295. The van der Waals surface area contributed by atoms with Crippen LogP contribution in [0, 0.1) is 0 Å². The minimum absolute atomic E-state index is 0.0513. The van der Waals surface area contributed by atoms with Crippen molar-refractivity contribution in [2.45, 2.75) is 18.9 Å². The standard InChI is InChI=1S/C24H24N2O5/c27-19-9-7-18(8-10-19)23(30)26-20(14-16-4-2-1-3-5-16)24(31)25-13-12-17-6-11-21(28)22(29)15-17/h1-11,15,20,27-29H,12-14H2,(H,25,31)(H,26,30)/t20-/m0/s1. The number of nitrogens with one attached hydrogen (secondary N) is 2. The van der Waals surface area contributed by atoms with Gasteiger partial charge in [0, 0.05) is 18.5 Å². The number of amides is 2. The molecule has 0 radical (unpaired) electrons. The van der Waals surface area contributed by atoms with Gasteiger partial charge < -0.3 is 26.0 Å². The van der Waals surface area contributed by atoms with Crippen LogP contribution in [0.15, 0.2) is 72.8 Å². The fraction of sp³-hybridized carbons (Fsp3) is 0.167. The highest BCUT2D eigenvalue weighted by Gasteiger charge is 2.21. The zero-order valence-corrected chi connectivity index (χ0v) is 16.8. The van der Waals surface area contributed by atoms with Gasteiger partial charge in [-0.25, -0.2) is 0 Å². The summed E-state index contributed by atoms with van der Waals surface area (Å²) in [5.41, 5.74) is 1.99. The number of aromatic hydroxyl groups is 3. The van der Waals surface area contributed by atoms with E-state index in [0.717, 1.165) is 11.1 Å². The molecule has 0 heterocycles. The molecule has 0 spiro atoms. The van der Waals surface area contributed by atoms with Crippen molar-refractivity contribution in [2.24, 2.45) is 0 Å². The zero-order valence-electron chi connectivity index (χ0n) is 16.8. The van der Waals surface area contributed by atoms with Crippen molar-refractivity contribution in [1.82, 2.24) is 10.6 Å². The molecule has 0 saturated heterocycles. The smallest absolute Gasteiger partial charge is 0.251 e. The van der Waals surface area contributed by atoms with E-state index in [0.29, 0.717) is 24.9 Å². The van der Waals surface area contributed by atoms with Crippen LogP contribution >= 0.6 is 0 Å². The van der Waals surface area contributed by atoms with Crippen molar-refractivity contribution < 1.29 is 24.9 Å². The molecule has 160 valence electrons. The first-order chi connectivity index (χ1) is 14.9. The van der Waals surface area contributed by atoms with Gasteiger partial charge in [0.2, 0.25) is 5.91 Å². The summed E-state index contributed by atoms with van der Waals surface area (Å²) in [5, 5.41) is 34.0. The van der Waals surface area contributed by atoms with E-state index in [1.807, 2.05) is 30.3 Å². The fourth-order valence-corrected chi connectivity index (χ4v) is 3.09. The second kappa shape index (κ2) is 10.2. The predicted octanol–water partition coefficient (Wildman–Crippen LogP) is 2.50. The van der Waals surface area contributed by atoms with Gasteiger partial charge in [-0.15, -0.1) is 0 Å². The van der Waals surface area contributed by atoms with Crippen LogP contribution in [0.25, 0.3) is 0 Å². The minimum Gasteiger partial charge on any atom is -0.508 e. The number of hydrogen-bond donors (Lipinski definition) is 5. The first-order valence-corrected chi connectivity index (χ1v) is 9.85. The third kappa shape index (κ3) is 6.24. The number of phenolic OH excluding ortho intramolecular Hbond substituents is 3. The molecule has 0 bridgehead atoms. The van der Waals surface area contributed by atoms with Crippen LogP contribution in [-0.2, 0) is 17.6 Å². The van der Waals surface area contributed by atoms with E-state index >= 15 is 0 Å². The third-order valence-corrected chi connectivity index (χ3v) is 4.79. The van der Waals surface area contributed by atoms with Crippen LogP contribution in [0.4, 0.5) is 0 Å². The van der Waals surface area contributed by atoms with Gasteiger partial charge in [0.25, 0.3) is 5.91 Å².